The van der Waals surface area contributed by atoms with Crippen LogP contribution in [0.3, 0.4) is 0 Å². The van der Waals surface area contributed by atoms with E-state index in [4.69, 9.17) is 4.74 Å². The zero-order valence-electron chi connectivity index (χ0n) is 22.1. The third kappa shape index (κ3) is 8.61. The van der Waals surface area contributed by atoms with E-state index in [1.54, 1.807) is 20.8 Å². The van der Waals surface area contributed by atoms with Gasteiger partial charge in [0.05, 0.1) is 17.8 Å². The molecule has 0 spiro atoms. The molecule has 212 valence electrons. The van der Waals surface area contributed by atoms with Crippen LogP contribution < -0.4 is 15.0 Å². The number of carbonyl (C=O) groups excluding carboxylic acids is 3. The summed E-state index contributed by atoms with van der Waals surface area (Å²) in [4.78, 5) is 40.6. The molecule has 0 fully saturated rings. The largest absolute Gasteiger partial charge is 0.573 e. The van der Waals surface area contributed by atoms with E-state index in [1.807, 2.05) is 13.8 Å². The Bertz CT molecular complexity index is 1230. The maximum atomic E-state index is 15.0. The summed E-state index contributed by atoms with van der Waals surface area (Å²) in [7, 11) is 0. The van der Waals surface area contributed by atoms with Crippen molar-refractivity contribution < 1.29 is 41.4 Å². The summed E-state index contributed by atoms with van der Waals surface area (Å²) >= 11 is 1.12. The molecule has 0 saturated carbocycles. The number of alkyl carbamates (subject to hydrolysis) is 1. The number of carbonyl (C=O) groups is 3. The Morgan fingerprint density at radius 2 is 1.77 bits per heavy atom. The number of hydrogen-bond acceptors (Lipinski definition) is 6. The second-order valence-corrected chi connectivity index (χ2v) is 11.5. The van der Waals surface area contributed by atoms with Crippen molar-refractivity contribution in [3.63, 3.8) is 0 Å². The molecule has 1 N–H and O–H groups in total. The monoisotopic (exact) mass is 570 g/mol. The van der Waals surface area contributed by atoms with Gasteiger partial charge in [-0.15, -0.1) is 24.9 Å². The number of halogens is 4. The quantitative estimate of drug-likeness (QED) is 0.303. The van der Waals surface area contributed by atoms with E-state index in [-0.39, 0.29) is 35.9 Å². The molecule has 1 atom stereocenters. The van der Waals surface area contributed by atoms with Crippen LogP contribution in [0, 0.1) is 11.7 Å². The molecule has 0 bridgehead atoms. The second kappa shape index (κ2) is 11.8. The van der Waals surface area contributed by atoms with E-state index >= 15 is 4.39 Å². The first-order valence-corrected chi connectivity index (χ1v) is 13.2. The van der Waals surface area contributed by atoms with E-state index in [0.29, 0.717) is 10.5 Å². The number of thioether (sulfide) groups is 1. The molecular formula is C27H30F4N2O5S. The number of ketones is 1. The highest BCUT2D eigenvalue weighted by molar-refractivity contribution is 7.99. The lowest BCUT2D eigenvalue weighted by Gasteiger charge is -2.27. The smallest absolute Gasteiger partial charge is 0.444 e. The van der Waals surface area contributed by atoms with E-state index in [9.17, 15) is 27.6 Å². The number of ether oxygens (including phenoxy) is 2. The van der Waals surface area contributed by atoms with Gasteiger partial charge in [-0.25, -0.2) is 9.18 Å². The lowest BCUT2D eigenvalue weighted by Crippen LogP contribution is -2.50. The van der Waals surface area contributed by atoms with Crippen LogP contribution in [-0.2, 0) is 16.1 Å². The maximum absolute atomic E-state index is 15.0. The molecule has 3 rings (SSSR count). The van der Waals surface area contributed by atoms with Crippen LogP contribution in [0.25, 0.3) is 0 Å². The predicted molar refractivity (Wildman–Crippen MR) is 138 cm³/mol. The van der Waals surface area contributed by atoms with Crippen LogP contribution in [0.5, 0.6) is 5.75 Å². The van der Waals surface area contributed by atoms with E-state index < -0.39 is 47.4 Å². The number of nitrogens with zero attached hydrogens (tertiary/aromatic N) is 1. The van der Waals surface area contributed by atoms with E-state index in [2.05, 4.69) is 10.1 Å². The summed E-state index contributed by atoms with van der Waals surface area (Å²) in [5.74, 6) is -2.12. The standard InChI is InChI=1S/C27H30F4N2O5S/c1-15(2)10-22(34)18-11-21-23(12-19(18)28)39-14-20(32-25(36)38-26(3,4)5)24(35)33(21)13-16-6-8-17(9-7-16)37-27(29,30)31/h6-9,11-12,15,20H,10,13-14H2,1-5H3,(H,32,36)/t20-/m0/s1. The van der Waals surface area contributed by atoms with Crippen molar-refractivity contribution in [1.29, 1.82) is 0 Å². The number of alkyl halides is 3. The molecule has 0 aromatic heterocycles. The first-order valence-electron chi connectivity index (χ1n) is 12.2. The number of amides is 2. The van der Waals surface area contributed by atoms with Crippen LogP contribution in [0.15, 0.2) is 41.3 Å². The summed E-state index contributed by atoms with van der Waals surface area (Å²) in [5, 5.41) is 2.55. The third-order valence-electron chi connectivity index (χ3n) is 5.39. The van der Waals surface area contributed by atoms with Gasteiger partial charge in [0.15, 0.2) is 5.78 Å². The maximum Gasteiger partial charge on any atom is 0.573 e. The van der Waals surface area contributed by atoms with Crippen molar-refractivity contribution >= 4 is 35.2 Å². The van der Waals surface area contributed by atoms with Crippen LogP contribution in [0.2, 0.25) is 0 Å². The zero-order valence-corrected chi connectivity index (χ0v) is 23.0. The molecule has 2 amide bonds. The third-order valence-corrected chi connectivity index (χ3v) is 6.53. The predicted octanol–water partition coefficient (Wildman–Crippen LogP) is 6.49. The van der Waals surface area contributed by atoms with Gasteiger partial charge in [-0.3, -0.25) is 9.59 Å². The molecule has 2 aromatic carbocycles. The van der Waals surface area contributed by atoms with Gasteiger partial charge in [-0.1, -0.05) is 26.0 Å². The average Bonchev–Trinajstić information content (AvgIpc) is 2.89. The zero-order chi connectivity index (χ0) is 29.1. The number of benzene rings is 2. The van der Waals surface area contributed by atoms with Crippen LogP contribution in [0.4, 0.5) is 28.0 Å². The van der Waals surface area contributed by atoms with Crippen molar-refractivity contribution in [1.82, 2.24) is 5.32 Å². The molecule has 0 saturated heterocycles. The summed E-state index contributed by atoms with van der Waals surface area (Å²) < 4.78 is 61.9. The van der Waals surface area contributed by atoms with Gasteiger partial charge in [0, 0.05) is 17.1 Å². The molecule has 0 unspecified atom stereocenters. The van der Waals surface area contributed by atoms with Crippen molar-refractivity contribution in [3.05, 3.63) is 53.3 Å². The number of nitrogens with one attached hydrogen (secondary N) is 1. The Balaban J connectivity index is 1.99. The Hall–Kier alpha value is -3.28. The summed E-state index contributed by atoms with van der Waals surface area (Å²) in [6, 6.07) is 6.37. The molecular weight excluding hydrogens is 540 g/mol. The Morgan fingerprint density at radius 3 is 2.33 bits per heavy atom. The fourth-order valence-electron chi connectivity index (χ4n) is 3.81. The van der Waals surface area contributed by atoms with Gasteiger partial charge >= 0.3 is 12.5 Å². The van der Waals surface area contributed by atoms with Crippen molar-refractivity contribution in [3.8, 4) is 5.75 Å². The lowest BCUT2D eigenvalue weighted by atomic mass is 10.00. The number of anilines is 1. The Labute approximate surface area is 228 Å². The molecule has 39 heavy (non-hydrogen) atoms. The van der Waals surface area contributed by atoms with Gasteiger partial charge in [-0.2, -0.15) is 0 Å². The second-order valence-electron chi connectivity index (χ2n) is 10.4. The molecule has 1 heterocycles. The SMILES string of the molecule is CC(C)CC(=O)c1cc2c(cc1F)SC[C@H](NC(=O)OC(C)(C)C)C(=O)N2Cc1ccc(OC(F)(F)F)cc1. The lowest BCUT2D eigenvalue weighted by molar-refractivity contribution is -0.274. The summed E-state index contributed by atoms with van der Waals surface area (Å²) in [6.45, 7) is 8.53. The molecule has 7 nitrogen and oxygen atoms in total. The number of fused-ring (bicyclic) bond motifs is 1. The minimum atomic E-state index is -4.86. The number of hydrogen-bond donors (Lipinski definition) is 1. The van der Waals surface area contributed by atoms with Crippen molar-refractivity contribution in [2.45, 2.75) is 70.5 Å². The highest BCUT2D eigenvalue weighted by atomic mass is 32.2. The highest BCUT2D eigenvalue weighted by Gasteiger charge is 2.35. The molecule has 1 aliphatic rings. The Kier molecular flexibility index (Phi) is 9.20. The fraction of sp³-hybridized carbons (Fsp3) is 0.444. The molecule has 1 aliphatic heterocycles. The molecule has 0 radical (unpaired) electrons. The van der Waals surface area contributed by atoms with Gasteiger partial charge in [0.1, 0.15) is 23.2 Å². The normalized spacial score (nSPS) is 16.0. The minimum Gasteiger partial charge on any atom is -0.444 e. The van der Waals surface area contributed by atoms with Crippen molar-refractivity contribution in [2.24, 2.45) is 5.92 Å². The van der Waals surface area contributed by atoms with E-state index in [0.717, 1.165) is 23.9 Å². The first-order chi connectivity index (χ1) is 18.0. The average molecular weight is 571 g/mol. The fourth-order valence-corrected chi connectivity index (χ4v) is 4.89. The molecule has 2 aromatic rings. The van der Waals surface area contributed by atoms with Crippen LogP contribution in [-0.4, -0.2) is 41.5 Å². The van der Waals surface area contributed by atoms with Gasteiger partial charge in [-0.05, 0) is 56.5 Å². The van der Waals surface area contributed by atoms with Crippen molar-refractivity contribution in [2.75, 3.05) is 10.7 Å². The number of rotatable bonds is 7. The van der Waals surface area contributed by atoms with Gasteiger partial charge < -0.3 is 19.7 Å². The molecule has 0 aliphatic carbocycles. The highest BCUT2D eigenvalue weighted by Crippen LogP contribution is 2.38. The summed E-state index contributed by atoms with van der Waals surface area (Å²) in [5.41, 5.74) is -0.301. The Morgan fingerprint density at radius 1 is 1.13 bits per heavy atom. The topological polar surface area (TPSA) is 84.9 Å². The summed E-state index contributed by atoms with van der Waals surface area (Å²) in [6.07, 6.45) is -5.58. The van der Waals surface area contributed by atoms with Gasteiger partial charge in [0.25, 0.3) is 5.91 Å². The molecule has 12 heteroatoms. The minimum absolute atomic E-state index is 0.0253. The van der Waals surface area contributed by atoms with Crippen LogP contribution >= 0.6 is 11.8 Å². The van der Waals surface area contributed by atoms with E-state index in [1.165, 1.54) is 29.2 Å². The van der Waals surface area contributed by atoms with Crippen LogP contribution in [0.1, 0.15) is 57.0 Å². The first kappa shape index (κ1) is 30.3. The number of Topliss-reactive ketones (excluding diaryl/α,β-unsaturated/α-hetero) is 1. The van der Waals surface area contributed by atoms with Gasteiger partial charge in [0.2, 0.25) is 0 Å².